The van der Waals surface area contributed by atoms with Crippen LogP contribution in [0.5, 0.6) is 0 Å². The standard InChI is InChI=1S/C15H19NS/c1-4-16-14(15-12(3)8-9-17-15)13-7-5-6-11(2)10-13/h5-10,14,16H,4H2,1-3H3. The Morgan fingerprint density at radius 3 is 2.65 bits per heavy atom. The molecule has 0 saturated heterocycles. The summed E-state index contributed by atoms with van der Waals surface area (Å²) >= 11 is 1.84. The zero-order chi connectivity index (χ0) is 12.3. The van der Waals surface area contributed by atoms with Crippen molar-refractivity contribution in [2.45, 2.75) is 26.8 Å². The molecule has 1 unspecified atom stereocenters. The van der Waals surface area contributed by atoms with E-state index in [1.54, 1.807) is 0 Å². The average Bonchev–Trinajstić information content (AvgIpc) is 2.72. The summed E-state index contributed by atoms with van der Waals surface area (Å²) in [4.78, 5) is 1.43. The molecule has 0 aliphatic carbocycles. The number of rotatable bonds is 4. The van der Waals surface area contributed by atoms with Crippen molar-refractivity contribution in [2.24, 2.45) is 0 Å². The van der Waals surface area contributed by atoms with Gasteiger partial charge < -0.3 is 5.32 Å². The quantitative estimate of drug-likeness (QED) is 0.856. The largest absolute Gasteiger partial charge is 0.306 e. The minimum atomic E-state index is 0.333. The first-order valence-electron chi connectivity index (χ1n) is 6.06. The van der Waals surface area contributed by atoms with E-state index < -0.39 is 0 Å². The van der Waals surface area contributed by atoms with Gasteiger partial charge in [0.2, 0.25) is 0 Å². The maximum absolute atomic E-state index is 3.58. The summed E-state index contributed by atoms with van der Waals surface area (Å²) in [6.07, 6.45) is 0. The number of nitrogens with one attached hydrogen (secondary N) is 1. The van der Waals surface area contributed by atoms with E-state index in [4.69, 9.17) is 0 Å². The molecular weight excluding hydrogens is 226 g/mol. The van der Waals surface area contributed by atoms with Gasteiger partial charge in [0.15, 0.2) is 0 Å². The number of hydrogen-bond donors (Lipinski definition) is 1. The lowest BCUT2D eigenvalue weighted by molar-refractivity contribution is 0.637. The topological polar surface area (TPSA) is 12.0 Å². The molecular formula is C15H19NS. The van der Waals surface area contributed by atoms with Crippen molar-refractivity contribution < 1.29 is 0 Å². The van der Waals surface area contributed by atoms with E-state index in [1.165, 1.54) is 21.6 Å². The van der Waals surface area contributed by atoms with Crippen molar-refractivity contribution in [1.29, 1.82) is 0 Å². The van der Waals surface area contributed by atoms with E-state index in [0.29, 0.717) is 6.04 Å². The predicted octanol–water partition coefficient (Wildman–Crippen LogP) is 4.06. The molecule has 1 N–H and O–H groups in total. The second-order valence-corrected chi connectivity index (χ2v) is 5.32. The minimum Gasteiger partial charge on any atom is -0.306 e. The van der Waals surface area contributed by atoms with E-state index in [1.807, 2.05) is 11.3 Å². The van der Waals surface area contributed by atoms with Gasteiger partial charge in [-0.25, -0.2) is 0 Å². The summed E-state index contributed by atoms with van der Waals surface area (Å²) in [7, 11) is 0. The molecule has 0 spiro atoms. The molecule has 2 heteroatoms. The van der Waals surface area contributed by atoms with Gasteiger partial charge in [0.1, 0.15) is 0 Å². The van der Waals surface area contributed by atoms with Crippen molar-refractivity contribution in [3.05, 3.63) is 57.3 Å². The van der Waals surface area contributed by atoms with Crippen LogP contribution < -0.4 is 5.32 Å². The van der Waals surface area contributed by atoms with Gasteiger partial charge in [0, 0.05) is 4.88 Å². The molecule has 0 aliphatic heterocycles. The van der Waals surface area contributed by atoms with Crippen molar-refractivity contribution in [3.8, 4) is 0 Å². The van der Waals surface area contributed by atoms with Crippen LogP contribution in [0.4, 0.5) is 0 Å². The molecule has 0 fully saturated rings. The van der Waals surface area contributed by atoms with Crippen LogP contribution in [0.15, 0.2) is 35.7 Å². The predicted molar refractivity (Wildman–Crippen MR) is 75.8 cm³/mol. The van der Waals surface area contributed by atoms with E-state index in [-0.39, 0.29) is 0 Å². The van der Waals surface area contributed by atoms with Crippen LogP contribution in [0.25, 0.3) is 0 Å². The summed E-state index contributed by atoms with van der Waals surface area (Å²) in [5.41, 5.74) is 4.06. The maximum atomic E-state index is 3.58. The van der Waals surface area contributed by atoms with Gasteiger partial charge in [-0.2, -0.15) is 0 Å². The lowest BCUT2D eigenvalue weighted by Gasteiger charge is -2.18. The molecule has 90 valence electrons. The fraction of sp³-hybridized carbons (Fsp3) is 0.333. The molecule has 1 atom stereocenters. The van der Waals surface area contributed by atoms with Crippen LogP contribution in [0.2, 0.25) is 0 Å². The van der Waals surface area contributed by atoms with Crippen molar-refractivity contribution in [1.82, 2.24) is 5.32 Å². The van der Waals surface area contributed by atoms with Crippen LogP contribution in [-0.2, 0) is 0 Å². The highest BCUT2D eigenvalue weighted by atomic mass is 32.1. The van der Waals surface area contributed by atoms with Gasteiger partial charge >= 0.3 is 0 Å². The molecule has 0 radical (unpaired) electrons. The Balaban J connectivity index is 2.39. The molecule has 0 aliphatic rings. The van der Waals surface area contributed by atoms with Crippen molar-refractivity contribution >= 4 is 11.3 Å². The minimum absolute atomic E-state index is 0.333. The second-order valence-electron chi connectivity index (χ2n) is 4.37. The van der Waals surface area contributed by atoms with E-state index >= 15 is 0 Å². The lowest BCUT2D eigenvalue weighted by atomic mass is 10.0. The summed E-state index contributed by atoms with van der Waals surface area (Å²) < 4.78 is 0. The Morgan fingerprint density at radius 2 is 2.06 bits per heavy atom. The smallest absolute Gasteiger partial charge is 0.0673 e. The summed E-state index contributed by atoms with van der Waals surface area (Å²) in [5.74, 6) is 0. The Kier molecular flexibility index (Phi) is 3.97. The van der Waals surface area contributed by atoms with E-state index in [2.05, 4.69) is 61.8 Å². The van der Waals surface area contributed by atoms with Gasteiger partial charge in [-0.3, -0.25) is 0 Å². The highest BCUT2D eigenvalue weighted by Gasteiger charge is 2.16. The third-order valence-electron chi connectivity index (χ3n) is 2.95. The van der Waals surface area contributed by atoms with Crippen LogP contribution in [0.3, 0.4) is 0 Å². The van der Waals surface area contributed by atoms with Gasteiger partial charge in [-0.1, -0.05) is 36.8 Å². The van der Waals surface area contributed by atoms with Gasteiger partial charge in [0.05, 0.1) is 6.04 Å². The highest BCUT2D eigenvalue weighted by Crippen LogP contribution is 2.29. The summed E-state index contributed by atoms with van der Waals surface area (Å²) in [6, 6.07) is 11.3. The molecule has 17 heavy (non-hydrogen) atoms. The number of benzene rings is 1. The van der Waals surface area contributed by atoms with E-state index in [9.17, 15) is 0 Å². The molecule has 1 aromatic carbocycles. The fourth-order valence-electron chi connectivity index (χ4n) is 2.10. The average molecular weight is 245 g/mol. The molecule has 1 nitrogen and oxygen atoms in total. The maximum Gasteiger partial charge on any atom is 0.0673 e. The highest BCUT2D eigenvalue weighted by molar-refractivity contribution is 7.10. The molecule has 2 aromatic rings. The zero-order valence-electron chi connectivity index (χ0n) is 10.7. The number of hydrogen-bond acceptors (Lipinski definition) is 2. The third kappa shape index (κ3) is 2.76. The van der Waals surface area contributed by atoms with Crippen LogP contribution >= 0.6 is 11.3 Å². The van der Waals surface area contributed by atoms with Crippen molar-refractivity contribution in [2.75, 3.05) is 6.54 Å². The molecule has 1 aromatic heterocycles. The van der Waals surface area contributed by atoms with E-state index in [0.717, 1.165) is 6.54 Å². The first-order valence-corrected chi connectivity index (χ1v) is 6.94. The lowest BCUT2D eigenvalue weighted by Crippen LogP contribution is -2.21. The SMILES string of the molecule is CCNC(c1cccc(C)c1)c1sccc1C. The zero-order valence-corrected chi connectivity index (χ0v) is 11.5. The Bertz CT molecular complexity index is 487. The molecule has 1 heterocycles. The fourth-order valence-corrected chi connectivity index (χ4v) is 3.12. The van der Waals surface area contributed by atoms with Crippen LogP contribution in [0, 0.1) is 13.8 Å². The monoisotopic (exact) mass is 245 g/mol. The van der Waals surface area contributed by atoms with Gasteiger partial charge in [-0.15, -0.1) is 11.3 Å². The van der Waals surface area contributed by atoms with Crippen LogP contribution in [-0.4, -0.2) is 6.54 Å². The first-order chi connectivity index (χ1) is 8.22. The molecule has 0 saturated carbocycles. The second kappa shape index (κ2) is 5.48. The normalized spacial score (nSPS) is 12.6. The first kappa shape index (κ1) is 12.3. The Hall–Kier alpha value is -1.12. The Labute approximate surface area is 108 Å². The van der Waals surface area contributed by atoms with Crippen LogP contribution in [0.1, 0.15) is 34.5 Å². The molecule has 0 amide bonds. The third-order valence-corrected chi connectivity index (χ3v) is 4.03. The molecule has 2 rings (SSSR count). The summed E-state index contributed by atoms with van der Waals surface area (Å²) in [6.45, 7) is 7.47. The molecule has 0 bridgehead atoms. The number of aryl methyl sites for hydroxylation is 2. The van der Waals surface area contributed by atoms with Crippen molar-refractivity contribution in [3.63, 3.8) is 0 Å². The van der Waals surface area contributed by atoms with Gasteiger partial charge in [0.25, 0.3) is 0 Å². The summed E-state index contributed by atoms with van der Waals surface area (Å²) in [5, 5.41) is 5.75. The van der Waals surface area contributed by atoms with Gasteiger partial charge in [-0.05, 0) is 43.0 Å². The Morgan fingerprint density at radius 1 is 1.24 bits per heavy atom. The number of thiophene rings is 1.